The normalized spacial score (nSPS) is 10.4. The van der Waals surface area contributed by atoms with Gasteiger partial charge in [-0.3, -0.25) is 14.9 Å². The third-order valence-corrected chi connectivity index (χ3v) is 2.95. The summed E-state index contributed by atoms with van der Waals surface area (Å²) in [7, 11) is 1.54. The zero-order valence-corrected chi connectivity index (χ0v) is 12.8. The van der Waals surface area contributed by atoms with Crippen LogP contribution >= 0.6 is 0 Å². The average Bonchev–Trinajstić information content (AvgIpc) is 2.60. The van der Waals surface area contributed by atoms with Gasteiger partial charge in [-0.15, -0.1) is 0 Å². The summed E-state index contributed by atoms with van der Waals surface area (Å²) in [5.41, 5.74) is 3.00. The van der Waals surface area contributed by atoms with Crippen LogP contribution < -0.4 is 14.9 Å². The summed E-state index contributed by atoms with van der Waals surface area (Å²) in [4.78, 5) is 21.7. The quantitative estimate of drug-likeness (QED) is 0.476. The number of hydrogen-bond donors (Lipinski definition) is 1. The van der Waals surface area contributed by atoms with E-state index in [0.29, 0.717) is 11.5 Å². The van der Waals surface area contributed by atoms with Crippen molar-refractivity contribution in [3.8, 4) is 11.5 Å². The fraction of sp³-hybridized carbons (Fsp3) is 0.125. The minimum Gasteiger partial charge on any atom is -0.496 e. The lowest BCUT2D eigenvalue weighted by molar-refractivity contribution is -0.384. The van der Waals surface area contributed by atoms with Gasteiger partial charge in [-0.05, 0) is 24.3 Å². The van der Waals surface area contributed by atoms with Gasteiger partial charge in [-0.25, -0.2) is 5.43 Å². The van der Waals surface area contributed by atoms with Crippen molar-refractivity contribution >= 4 is 17.8 Å². The van der Waals surface area contributed by atoms with Crippen LogP contribution in [0.3, 0.4) is 0 Å². The number of carbonyl (C=O) groups excluding carboxylic acids is 1. The van der Waals surface area contributed by atoms with Crippen molar-refractivity contribution in [2.75, 3.05) is 13.7 Å². The van der Waals surface area contributed by atoms with Crippen LogP contribution in [0.1, 0.15) is 5.56 Å². The number of nitrogens with one attached hydrogen (secondary N) is 1. The third-order valence-electron chi connectivity index (χ3n) is 2.95. The first kappa shape index (κ1) is 16.9. The molecule has 2 rings (SSSR count). The molecular weight excluding hydrogens is 314 g/mol. The molecule has 0 saturated carbocycles. The molecule has 0 aliphatic rings. The Kier molecular flexibility index (Phi) is 5.84. The minimum atomic E-state index is -0.511. The second-order valence-corrected chi connectivity index (χ2v) is 4.57. The molecule has 1 N–H and O–H groups in total. The summed E-state index contributed by atoms with van der Waals surface area (Å²) in [5.74, 6) is 0.529. The Morgan fingerprint density at radius 2 is 1.96 bits per heavy atom. The highest BCUT2D eigenvalue weighted by molar-refractivity contribution is 5.85. The number of para-hydroxylation sites is 1. The van der Waals surface area contributed by atoms with Gasteiger partial charge in [0.2, 0.25) is 0 Å². The van der Waals surface area contributed by atoms with E-state index in [4.69, 9.17) is 9.47 Å². The van der Waals surface area contributed by atoms with Crippen molar-refractivity contribution in [2.45, 2.75) is 0 Å². The van der Waals surface area contributed by atoms with Crippen LogP contribution in [0, 0.1) is 10.1 Å². The number of amides is 1. The fourth-order valence-electron chi connectivity index (χ4n) is 1.79. The van der Waals surface area contributed by atoms with Gasteiger partial charge in [0.15, 0.2) is 6.61 Å². The average molecular weight is 329 g/mol. The molecule has 2 aromatic carbocycles. The first-order chi connectivity index (χ1) is 11.6. The second-order valence-electron chi connectivity index (χ2n) is 4.57. The van der Waals surface area contributed by atoms with Gasteiger partial charge in [0.1, 0.15) is 11.5 Å². The summed E-state index contributed by atoms with van der Waals surface area (Å²) in [5, 5.41) is 14.4. The van der Waals surface area contributed by atoms with Crippen molar-refractivity contribution in [3.63, 3.8) is 0 Å². The number of ether oxygens (including phenoxy) is 2. The third kappa shape index (κ3) is 4.80. The van der Waals surface area contributed by atoms with E-state index in [1.54, 1.807) is 19.2 Å². The molecule has 0 aromatic heterocycles. The molecule has 0 fully saturated rings. The lowest BCUT2D eigenvalue weighted by atomic mass is 10.2. The number of methoxy groups -OCH3 is 1. The molecule has 0 radical (unpaired) electrons. The molecule has 0 bridgehead atoms. The largest absolute Gasteiger partial charge is 0.496 e. The van der Waals surface area contributed by atoms with E-state index in [1.807, 2.05) is 12.1 Å². The molecule has 1 amide bonds. The van der Waals surface area contributed by atoms with Crippen LogP contribution in [-0.4, -0.2) is 30.8 Å². The predicted molar refractivity (Wildman–Crippen MR) is 87.3 cm³/mol. The van der Waals surface area contributed by atoms with Crippen molar-refractivity contribution in [2.24, 2.45) is 5.10 Å². The molecule has 8 nitrogen and oxygen atoms in total. The summed E-state index contributed by atoms with van der Waals surface area (Å²) in [6.07, 6.45) is 1.46. The zero-order valence-electron chi connectivity index (χ0n) is 12.8. The van der Waals surface area contributed by atoms with E-state index < -0.39 is 10.8 Å². The number of nitro benzene ring substituents is 1. The van der Waals surface area contributed by atoms with Crippen molar-refractivity contribution in [3.05, 3.63) is 64.2 Å². The molecule has 8 heteroatoms. The summed E-state index contributed by atoms with van der Waals surface area (Å²) < 4.78 is 10.4. The van der Waals surface area contributed by atoms with Gasteiger partial charge in [0, 0.05) is 17.7 Å². The van der Waals surface area contributed by atoms with Gasteiger partial charge >= 0.3 is 0 Å². The van der Waals surface area contributed by atoms with Crippen LogP contribution in [0.4, 0.5) is 5.69 Å². The Morgan fingerprint density at radius 3 is 2.62 bits per heavy atom. The maximum absolute atomic E-state index is 11.6. The standard InChI is InChI=1S/C16H15N3O5/c1-23-15-5-3-2-4-12(15)10-17-18-16(20)11-24-14-8-6-13(7-9-14)19(21)22/h2-10H,11H2,1H3,(H,18,20). The molecule has 0 spiro atoms. The topological polar surface area (TPSA) is 103 Å². The van der Waals surface area contributed by atoms with Gasteiger partial charge in [0.25, 0.3) is 11.6 Å². The number of hydrazone groups is 1. The van der Waals surface area contributed by atoms with E-state index in [9.17, 15) is 14.9 Å². The van der Waals surface area contributed by atoms with E-state index >= 15 is 0 Å². The number of benzene rings is 2. The molecule has 0 saturated heterocycles. The number of hydrogen-bond acceptors (Lipinski definition) is 6. The SMILES string of the molecule is COc1ccccc1C=NNC(=O)COc1ccc([N+](=O)[O-])cc1. The highest BCUT2D eigenvalue weighted by Crippen LogP contribution is 2.17. The van der Waals surface area contributed by atoms with Crippen LogP contribution in [0.2, 0.25) is 0 Å². The van der Waals surface area contributed by atoms with E-state index in [2.05, 4.69) is 10.5 Å². The maximum Gasteiger partial charge on any atom is 0.277 e. The molecule has 24 heavy (non-hydrogen) atoms. The van der Waals surface area contributed by atoms with Crippen LogP contribution in [-0.2, 0) is 4.79 Å². The van der Waals surface area contributed by atoms with Crippen LogP contribution in [0.15, 0.2) is 53.6 Å². The maximum atomic E-state index is 11.6. The van der Waals surface area contributed by atoms with Gasteiger partial charge in [-0.1, -0.05) is 12.1 Å². The Balaban J connectivity index is 1.83. The Morgan fingerprint density at radius 1 is 1.25 bits per heavy atom. The number of nitrogens with zero attached hydrogens (tertiary/aromatic N) is 2. The molecular formula is C16H15N3O5. The number of rotatable bonds is 7. The molecule has 0 atom stereocenters. The molecule has 2 aromatic rings. The predicted octanol–water partition coefficient (Wildman–Crippen LogP) is 2.13. The van der Waals surface area contributed by atoms with E-state index in [1.165, 1.54) is 30.5 Å². The highest BCUT2D eigenvalue weighted by atomic mass is 16.6. The summed E-state index contributed by atoms with van der Waals surface area (Å²) in [6.45, 7) is -0.263. The molecule has 0 aliphatic heterocycles. The van der Waals surface area contributed by atoms with E-state index in [0.717, 1.165) is 5.56 Å². The zero-order chi connectivity index (χ0) is 17.4. The van der Waals surface area contributed by atoms with E-state index in [-0.39, 0.29) is 12.3 Å². The van der Waals surface area contributed by atoms with Gasteiger partial charge in [0.05, 0.1) is 18.2 Å². The Hall–Kier alpha value is -3.42. The minimum absolute atomic E-state index is 0.0480. The Bertz CT molecular complexity index is 744. The lowest BCUT2D eigenvalue weighted by Gasteiger charge is -2.05. The van der Waals surface area contributed by atoms with Gasteiger partial charge in [-0.2, -0.15) is 5.10 Å². The number of nitro groups is 1. The monoisotopic (exact) mass is 329 g/mol. The molecule has 124 valence electrons. The van der Waals surface area contributed by atoms with Crippen LogP contribution in [0.5, 0.6) is 11.5 Å². The smallest absolute Gasteiger partial charge is 0.277 e. The second kappa shape index (κ2) is 8.28. The molecule has 0 unspecified atom stereocenters. The van der Waals surface area contributed by atoms with Crippen LogP contribution in [0.25, 0.3) is 0 Å². The highest BCUT2D eigenvalue weighted by Gasteiger charge is 2.06. The van der Waals surface area contributed by atoms with Crippen molar-refractivity contribution in [1.82, 2.24) is 5.43 Å². The van der Waals surface area contributed by atoms with Crippen molar-refractivity contribution in [1.29, 1.82) is 0 Å². The first-order valence-corrected chi connectivity index (χ1v) is 6.92. The Labute approximate surface area is 137 Å². The molecule has 0 heterocycles. The molecule has 0 aliphatic carbocycles. The van der Waals surface area contributed by atoms with Crippen molar-refractivity contribution < 1.29 is 19.2 Å². The summed E-state index contributed by atoms with van der Waals surface area (Å²) >= 11 is 0. The number of carbonyl (C=O) groups is 1. The lowest BCUT2D eigenvalue weighted by Crippen LogP contribution is -2.24. The first-order valence-electron chi connectivity index (χ1n) is 6.92. The number of non-ortho nitro benzene ring substituents is 1. The fourth-order valence-corrected chi connectivity index (χ4v) is 1.79. The summed E-state index contributed by atoms with van der Waals surface area (Å²) in [6, 6.07) is 12.7. The van der Waals surface area contributed by atoms with Gasteiger partial charge < -0.3 is 9.47 Å².